The number of ether oxygens (including phenoxy) is 1. The summed E-state index contributed by atoms with van der Waals surface area (Å²) in [7, 11) is 0. The highest BCUT2D eigenvalue weighted by molar-refractivity contribution is 5.76. The number of nitrogens with two attached hydrogens (primary N) is 1. The highest BCUT2D eigenvalue weighted by Crippen LogP contribution is 2.37. The van der Waals surface area contributed by atoms with Crippen LogP contribution in [0.15, 0.2) is 42.5 Å². The first kappa shape index (κ1) is 13.1. The van der Waals surface area contributed by atoms with Crippen molar-refractivity contribution in [2.45, 2.75) is 37.8 Å². The molecule has 1 fully saturated rings. The molecule has 2 aliphatic rings. The van der Waals surface area contributed by atoms with E-state index >= 15 is 0 Å². The summed E-state index contributed by atoms with van der Waals surface area (Å²) >= 11 is 0. The topological polar surface area (TPSA) is 35.2 Å². The molecular weight excluding hydrogens is 258 g/mol. The largest absolute Gasteiger partial charge is 0.376 e. The molecule has 1 saturated carbocycles. The lowest BCUT2D eigenvalue weighted by molar-refractivity contribution is -0.00445. The molecule has 0 amide bonds. The number of hydrogen-bond donors (Lipinski definition) is 1. The molecule has 0 heterocycles. The summed E-state index contributed by atoms with van der Waals surface area (Å²) < 4.78 is 5.85. The molecule has 0 bridgehead atoms. The van der Waals surface area contributed by atoms with Gasteiger partial charge in [0.1, 0.15) is 0 Å². The molecule has 0 radical (unpaired) electrons. The zero-order valence-electron chi connectivity index (χ0n) is 12.2. The van der Waals surface area contributed by atoms with Gasteiger partial charge in [0.15, 0.2) is 0 Å². The highest BCUT2D eigenvalue weighted by atomic mass is 16.5. The molecule has 2 aromatic carbocycles. The smallest absolute Gasteiger partial charge is 0.0663 e. The van der Waals surface area contributed by atoms with E-state index in [4.69, 9.17) is 10.5 Å². The van der Waals surface area contributed by atoms with Crippen molar-refractivity contribution in [3.63, 3.8) is 0 Å². The van der Waals surface area contributed by atoms with E-state index in [1.54, 1.807) is 0 Å². The van der Waals surface area contributed by atoms with Gasteiger partial charge in [-0.3, -0.25) is 0 Å². The quantitative estimate of drug-likeness (QED) is 0.788. The number of hydrogen-bond acceptors (Lipinski definition) is 2. The van der Waals surface area contributed by atoms with Crippen LogP contribution in [0.5, 0.6) is 0 Å². The fraction of sp³-hybridized carbons (Fsp3) is 0.368. The van der Waals surface area contributed by atoms with Crippen LogP contribution < -0.4 is 5.73 Å². The SMILES string of the molecule is NC(COC1CCC1)c1ccc2c(c1)Cc1ccccc1-2. The predicted molar refractivity (Wildman–Crippen MR) is 85.2 cm³/mol. The van der Waals surface area contributed by atoms with Crippen LogP contribution in [-0.4, -0.2) is 12.7 Å². The molecule has 0 saturated heterocycles. The third-order valence-corrected chi connectivity index (χ3v) is 4.81. The summed E-state index contributed by atoms with van der Waals surface area (Å²) in [5, 5.41) is 0. The van der Waals surface area contributed by atoms with Gasteiger partial charge in [0, 0.05) is 0 Å². The van der Waals surface area contributed by atoms with E-state index in [-0.39, 0.29) is 6.04 Å². The maximum atomic E-state index is 6.30. The minimum atomic E-state index is -0.0142. The van der Waals surface area contributed by atoms with Gasteiger partial charge in [-0.25, -0.2) is 0 Å². The maximum Gasteiger partial charge on any atom is 0.0663 e. The lowest BCUT2D eigenvalue weighted by Gasteiger charge is -2.27. The van der Waals surface area contributed by atoms with Crippen LogP contribution in [0.1, 0.15) is 42.0 Å². The van der Waals surface area contributed by atoms with Crippen LogP contribution in [0.2, 0.25) is 0 Å². The summed E-state index contributed by atoms with van der Waals surface area (Å²) in [6.45, 7) is 0.635. The van der Waals surface area contributed by atoms with E-state index in [2.05, 4.69) is 42.5 Å². The Morgan fingerprint density at radius 2 is 1.86 bits per heavy atom. The van der Waals surface area contributed by atoms with Crippen molar-refractivity contribution < 1.29 is 4.74 Å². The first-order valence-corrected chi connectivity index (χ1v) is 7.89. The fourth-order valence-electron chi connectivity index (χ4n) is 3.27. The molecule has 21 heavy (non-hydrogen) atoms. The molecule has 2 N–H and O–H groups in total. The second-order valence-electron chi connectivity index (χ2n) is 6.24. The standard InChI is InChI=1S/C19H21NO/c20-19(12-21-16-5-3-6-16)14-8-9-18-15(11-14)10-13-4-1-2-7-17(13)18/h1-2,4,7-9,11,16,19H,3,5-6,10,12,20H2. The highest BCUT2D eigenvalue weighted by Gasteiger charge is 2.21. The van der Waals surface area contributed by atoms with Crippen molar-refractivity contribution in [2.75, 3.05) is 6.61 Å². The van der Waals surface area contributed by atoms with Gasteiger partial charge >= 0.3 is 0 Å². The fourth-order valence-corrected chi connectivity index (χ4v) is 3.27. The van der Waals surface area contributed by atoms with Crippen LogP contribution in [0, 0.1) is 0 Å². The molecule has 0 spiro atoms. The summed E-state index contributed by atoms with van der Waals surface area (Å²) in [6, 6.07) is 15.3. The normalized spacial score (nSPS) is 18.0. The summed E-state index contributed by atoms with van der Waals surface area (Å²) in [6.07, 6.45) is 5.18. The van der Waals surface area contributed by atoms with Gasteiger partial charge in [-0.15, -0.1) is 0 Å². The lowest BCUT2D eigenvalue weighted by atomic mass is 9.96. The number of rotatable bonds is 4. The van der Waals surface area contributed by atoms with Crippen LogP contribution in [0.4, 0.5) is 0 Å². The van der Waals surface area contributed by atoms with Crippen molar-refractivity contribution in [2.24, 2.45) is 5.73 Å². The monoisotopic (exact) mass is 279 g/mol. The Balaban J connectivity index is 1.52. The Morgan fingerprint density at radius 1 is 1.05 bits per heavy atom. The molecule has 0 aromatic heterocycles. The van der Waals surface area contributed by atoms with Crippen LogP contribution in [-0.2, 0) is 11.2 Å². The summed E-state index contributed by atoms with van der Waals surface area (Å²) in [4.78, 5) is 0. The van der Waals surface area contributed by atoms with Gasteiger partial charge in [0.2, 0.25) is 0 Å². The van der Waals surface area contributed by atoms with Crippen molar-refractivity contribution >= 4 is 0 Å². The van der Waals surface area contributed by atoms with Crippen molar-refractivity contribution in [3.8, 4) is 11.1 Å². The third kappa shape index (κ3) is 2.39. The Morgan fingerprint density at radius 3 is 2.67 bits per heavy atom. The van der Waals surface area contributed by atoms with Gasteiger partial charge in [0.25, 0.3) is 0 Å². The van der Waals surface area contributed by atoms with E-state index in [1.807, 2.05) is 0 Å². The summed E-state index contributed by atoms with van der Waals surface area (Å²) in [5.74, 6) is 0. The molecule has 108 valence electrons. The van der Waals surface area contributed by atoms with Crippen molar-refractivity contribution in [3.05, 3.63) is 59.2 Å². The van der Waals surface area contributed by atoms with E-state index in [1.165, 1.54) is 47.1 Å². The zero-order chi connectivity index (χ0) is 14.2. The van der Waals surface area contributed by atoms with Gasteiger partial charge in [-0.1, -0.05) is 42.5 Å². The minimum absolute atomic E-state index is 0.0142. The third-order valence-electron chi connectivity index (χ3n) is 4.81. The zero-order valence-corrected chi connectivity index (χ0v) is 12.2. The first-order valence-electron chi connectivity index (χ1n) is 7.89. The lowest BCUT2D eigenvalue weighted by Crippen LogP contribution is -2.26. The van der Waals surface area contributed by atoms with Crippen molar-refractivity contribution in [1.82, 2.24) is 0 Å². The number of fused-ring (bicyclic) bond motifs is 3. The molecule has 2 heteroatoms. The van der Waals surface area contributed by atoms with E-state index in [9.17, 15) is 0 Å². The number of benzene rings is 2. The maximum absolute atomic E-state index is 6.30. The van der Waals surface area contributed by atoms with Crippen LogP contribution >= 0.6 is 0 Å². The molecular formula is C19H21NO. The molecule has 4 rings (SSSR count). The second-order valence-corrected chi connectivity index (χ2v) is 6.24. The Hall–Kier alpha value is -1.64. The molecule has 1 atom stereocenters. The second kappa shape index (κ2) is 5.28. The molecule has 2 nitrogen and oxygen atoms in total. The molecule has 2 aliphatic carbocycles. The van der Waals surface area contributed by atoms with Gasteiger partial charge < -0.3 is 10.5 Å². The van der Waals surface area contributed by atoms with Gasteiger partial charge in [-0.2, -0.15) is 0 Å². The van der Waals surface area contributed by atoms with E-state index in [0.29, 0.717) is 12.7 Å². The molecule has 2 aromatic rings. The Kier molecular flexibility index (Phi) is 3.28. The Labute approximate surface area is 125 Å². The average Bonchev–Trinajstić information content (AvgIpc) is 2.83. The van der Waals surface area contributed by atoms with E-state index in [0.717, 1.165) is 6.42 Å². The first-order chi connectivity index (χ1) is 10.3. The van der Waals surface area contributed by atoms with Crippen LogP contribution in [0.25, 0.3) is 11.1 Å². The van der Waals surface area contributed by atoms with Crippen molar-refractivity contribution in [1.29, 1.82) is 0 Å². The minimum Gasteiger partial charge on any atom is -0.376 e. The van der Waals surface area contributed by atoms with Crippen LogP contribution in [0.3, 0.4) is 0 Å². The summed E-state index contributed by atoms with van der Waals surface area (Å²) in [5.41, 5.74) is 13.0. The van der Waals surface area contributed by atoms with Gasteiger partial charge in [0.05, 0.1) is 18.8 Å². The van der Waals surface area contributed by atoms with E-state index < -0.39 is 0 Å². The molecule has 0 aliphatic heterocycles. The van der Waals surface area contributed by atoms with Gasteiger partial charge in [-0.05, 0) is 53.5 Å². The molecule has 1 unspecified atom stereocenters. The average molecular weight is 279 g/mol. The predicted octanol–water partition coefficient (Wildman–Crippen LogP) is 3.83. The Bertz CT molecular complexity index is 660.